The van der Waals surface area contributed by atoms with Gasteiger partial charge in [0.2, 0.25) is 11.8 Å². The molecule has 14 heteroatoms. The van der Waals surface area contributed by atoms with Crippen LogP contribution in [0, 0.1) is 5.82 Å². The molecule has 44 heavy (non-hydrogen) atoms. The number of ether oxygens (including phenoxy) is 1. The maximum atomic E-state index is 15.0. The van der Waals surface area contributed by atoms with Crippen LogP contribution >= 0.6 is 11.6 Å². The van der Waals surface area contributed by atoms with E-state index in [0.29, 0.717) is 36.7 Å². The molecule has 2 N–H and O–H groups in total. The van der Waals surface area contributed by atoms with E-state index >= 15 is 0 Å². The molecule has 0 unspecified atom stereocenters. The smallest absolute Gasteiger partial charge is 0.416 e. The number of alkyl halides is 3. The van der Waals surface area contributed by atoms with Crippen molar-refractivity contribution in [2.75, 3.05) is 56.8 Å². The number of aromatic nitrogens is 3. The normalized spacial score (nSPS) is 11.4. The molecule has 0 fully saturated rings. The second-order valence-corrected chi connectivity index (χ2v) is 10.4. The lowest BCUT2D eigenvalue weighted by atomic mass is 10.1. The highest BCUT2D eigenvalue weighted by atomic mass is 35.5. The van der Waals surface area contributed by atoms with E-state index < -0.39 is 29.0 Å². The quantitative estimate of drug-likeness (QED) is 0.174. The summed E-state index contributed by atoms with van der Waals surface area (Å²) >= 11 is 6.32. The molecule has 2 heterocycles. The fourth-order valence-corrected chi connectivity index (χ4v) is 4.68. The fraction of sp³-hybridized carbons (Fsp3) is 0.267. The van der Waals surface area contributed by atoms with Gasteiger partial charge in [-0.3, -0.25) is 4.79 Å². The van der Waals surface area contributed by atoms with Crippen LogP contribution in [0.4, 0.5) is 34.9 Å². The van der Waals surface area contributed by atoms with Gasteiger partial charge in [0.15, 0.2) is 0 Å². The zero-order valence-corrected chi connectivity index (χ0v) is 25.1. The summed E-state index contributed by atoms with van der Waals surface area (Å²) in [5.74, 6) is -1.36. The molecule has 0 aliphatic rings. The van der Waals surface area contributed by atoms with Crippen LogP contribution in [0.2, 0.25) is 5.02 Å². The molecule has 232 valence electrons. The zero-order valence-electron chi connectivity index (χ0n) is 24.3. The molecule has 0 bridgehead atoms. The predicted molar refractivity (Wildman–Crippen MR) is 162 cm³/mol. The lowest BCUT2D eigenvalue weighted by molar-refractivity contribution is -0.137. The summed E-state index contributed by atoms with van der Waals surface area (Å²) in [6.07, 6.45) is -1.02. The van der Waals surface area contributed by atoms with E-state index in [4.69, 9.17) is 16.3 Å². The first-order valence-corrected chi connectivity index (χ1v) is 13.8. The molecule has 0 spiro atoms. The monoisotopic (exact) mass is 631 g/mol. The molecule has 0 saturated carbocycles. The molecule has 0 atom stereocenters. The first kappa shape index (κ1) is 32.4. The zero-order chi connectivity index (χ0) is 32.0. The summed E-state index contributed by atoms with van der Waals surface area (Å²) in [6.45, 7) is 1.15. The van der Waals surface area contributed by atoms with Gasteiger partial charge in [-0.2, -0.15) is 13.2 Å². The van der Waals surface area contributed by atoms with Crippen molar-refractivity contribution in [3.05, 3.63) is 82.9 Å². The van der Waals surface area contributed by atoms with Crippen LogP contribution in [-0.4, -0.2) is 67.0 Å². The van der Waals surface area contributed by atoms with Crippen molar-refractivity contribution < 1.29 is 27.1 Å². The summed E-state index contributed by atoms with van der Waals surface area (Å²) in [4.78, 5) is 29.7. The molecule has 0 saturated heterocycles. The number of nitrogens with zero attached hydrogens (tertiary/aromatic N) is 5. The minimum atomic E-state index is -4.73. The lowest BCUT2D eigenvalue weighted by Crippen LogP contribution is -2.25. The van der Waals surface area contributed by atoms with E-state index in [1.807, 2.05) is 19.0 Å². The van der Waals surface area contributed by atoms with Crippen LogP contribution in [0.3, 0.4) is 0 Å². The SMILES string of the molecule is CNc1nccc(-c2cccnc2Oc2ccc(F)c(C(=O)Nc3cc(C(F)(F)F)cc(Cl)c3N(C)CCCN(C)C)c2)n1. The highest BCUT2D eigenvalue weighted by Gasteiger charge is 2.33. The Balaban J connectivity index is 1.65. The topological polar surface area (TPSA) is 95.5 Å². The Morgan fingerprint density at radius 1 is 1.02 bits per heavy atom. The Kier molecular flexibility index (Phi) is 10.2. The molecule has 4 aromatic rings. The summed E-state index contributed by atoms with van der Waals surface area (Å²) in [7, 11) is 7.11. The Morgan fingerprint density at radius 2 is 1.80 bits per heavy atom. The van der Waals surface area contributed by atoms with Crippen molar-refractivity contribution in [2.45, 2.75) is 12.6 Å². The average molecular weight is 632 g/mol. The molecule has 0 aliphatic carbocycles. The Bertz CT molecular complexity index is 1640. The number of halogens is 5. The Morgan fingerprint density at radius 3 is 2.50 bits per heavy atom. The van der Waals surface area contributed by atoms with Crippen molar-refractivity contribution in [3.63, 3.8) is 0 Å². The third-order valence-electron chi connectivity index (χ3n) is 6.44. The van der Waals surface area contributed by atoms with Crippen LogP contribution in [0.1, 0.15) is 22.3 Å². The van der Waals surface area contributed by atoms with Gasteiger partial charge in [0.25, 0.3) is 5.91 Å². The molecular formula is C30H30ClF4N7O2. The van der Waals surface area contributed by atoms with Crippen molar-refractivity contribution in [1.29, 1.82) is 0 Å². The van der Waals surface area contributed by atoms with Crippen LogP contribution in [0.25, 0.3) is 11.3 Å². The maximum Gasteiger partial charge on any atom is 0.416 e. The Hall–Kier alpha value is -4.49. The van der Waals surface area contributed by atoms with E-state index in [1.165, 1.54) is 12.3 Å². The number of anilines is 3. The predicted octanol–water partition coefficient (Wildman–Crippen LogP) is 6.82. The number of hydrogen-bond donors (Lipinski definition) is 2. The van der Waals surface area contributed by atoms with Gasteiger partial charge in [0.05, 0.1) is 38.8 Å². The Labute approximate surface area is 256 Å². The van der Waals surface area contributed by atoms with Gasteiger partial charge in [0.1, 0.15) is 11.6 Å². The maximum absolute atomic E-state index is 15.0. The van der Waals surface area contributed by atoms with Gasteiger partial charge < -0.3 is 25.2 Å². The molecular weight excluding hydrogens is 602 g/mol. The number of carbonyl (C=O) groups excluding carboxylic acids is 1. The number of amides is 1. The second kappa shape index (κ2) is 13.9. The standard InChI is InChI=1S/C30H30ClF4N7O2/c1-36-29-38-12-10-24(40-29)20-7-5-11-37-28(20)44-19-8-9-23(32)21(17-19)27(43)39-25-16-18(30(33,34)35)15-22(31)26(25)42(4)14-6-13-41(2)3/h5,7-12,15-17H,6,13-14H2,1-4H3,(H,39,43)(H,36,38,40). The first-order valence-electron chi connectivity index (χ1n) is 13.4. The molecule has 2 aromatic carbocycles. The molecule has 4 rings (SSSR count). The van der Waals surface area contributed by atoms with Gasteiger partial charge in [-0.1, -0.05) is 11.6 Å². The summed E-state index contributed by atoms with van der Waals surface area (Å²) < 4.78 is 61.9. The number of carbonyl (C=O) groups is 1. The van der Waals surface area contributed by atoms with Crippen molar-refractivity contribution in [2.24, 2.45) is 0 Å². The van der Waals surface area contributed by atoms with E-state index in [1.54, 1.807) is 43.4 Å². The van der Waals surface area contributed by atoms with E-state index in [-0.39, 0.29) is 28.0 Å². The molecule has 9 nitrogen and oxygen atoms in total. The number of hydrogen-bond acceptors (Lipinski definition) is 8. The fourth-order valence-electron chi connectivity index (χ4n) is 4.32. The first-order chi connectivity index (χ1) is 20.9. The number of rotatable bonds is 11. The highest BCUT2D eigenvalue weighted by Crippen LogP contribution is 2.41. The van der Waals surface area contributed by atoms with E-state index in [9.17, 15) is 22.4 Å². The lowest BCUT2D eigenvalue weighted by Gasteiger charge is -2.26. The molecule has 0 radical (unpaired) electrons. The van der Waals surface area contributed by atoms with Gasteiger partial charge in [0, 0.05) is 33.0 Å². The summed E-state index contributed by atoms with van der Waals surface area (Å²) in [6, 6.07) is 10.1. The number of nitrogens with one attached hydrogen (secondary N) is 2. The molecule has 1 amide bonds. The van der Waals surface area contributed by atoms with E-state index in [0.717, 1.165) is 24.3 Å². The minimum Gasteiger partial charge on any atom is -0.438 e. The number of benzene rings is 2. The average Bonchev–Trinajstić information content (AvgIpc) is 2.97. The van der Waals surface area contributed by atoms with Crippen molar-refractivity contribution in [1.82, 2.24) is 19.9 Å². The van der Waals surface area contributed by atoms with E-state index in [2.05, 4.69) is 25.6 Å². The van der Waals surface area contributed by atoms with Gasteiger partial charge in [-0.05, 0) is 75.6 Å². The third kappa shape index (κ3) is 7.91. The van der Waals surface area contributed by atoms with Gasteiger partial charge >= 0.3 is 6.18 Å². The van der Waals surface area contributed by atoms with Crippen LogP contribution in [-0.2, 0) is 6.18 Å². The number of pyridine rings is 1. The van der Waals surface area contributed by atoms with Crippen LogP contribution < -0.4 is 20.3 Å². The van der Waals surface area contributed by atoms with Crippen molar-refractivity contribution >= 4 is 34.8 Å². The van der Waals surface area contributed by atoms with Gasteiger partial charge in [-0.15, -0.1) is 0 Å². The second-order valence-electron chi connectivity index (χ2n) is 10.00. The van der Waals surface area contributed by atoms with Crippen LogP contribution in [0.5, 0.6) is 11.6 Å². The minimum absolute atomic E-state index is 0.0579. The summed E-state index contributed by atoms with van der Waals surface area (Å²) in [5, 5.41) is 5.06. The largest absolute Gasteiger partial charge is 0.438 e. The molecule has 2 aromatic heterocycles. The van der Waals surface area contributed by atoms with Gasteiger partial charge in [-0.25, -0.2) is 19.3 Å². The van der Waals surface area contributed by atoms with Crippen LogP contribution in [0.15, 0.2) is 60.9 Å². The molecule has 0 aliphatic heterocycles. The third-order valence-corrected chi connectivity index (χ3v) is 6.73. The summed E-state index contributed by atoms with van der Waals surface area (Å²) in [5.41, 5.74) is -0.574. The highest BCUT2D eigenvalue weighted by molar-refractivity contribution is 6.34. The van der Waals surface area contributed by atoms with Crippen molar-refractivity contribution in [3.8, 4) is 22.9 Å².